The number of carbonyl (C=O) groups is 1. The van der Waals surface area contributed by atoms with Crippen LogP contribution in [0.3, 0.4) is 0 Å². The Bertz CT molecular complexity index is 1790. The summed E-state index contributed by atoms with van der Waals surface area (Å²) in [5, 5.41) is 8.66. The smallest absolute Gasteiger partial charge is 0.493 e. The number of nitrogens with two attached hydrogens (primary N) is 2. The number of hydrogen-bond acceptors (Lipinski definition) is 9. The van der Waals surface area contributed by atoms with E-state index in [0.717, 1.165) is 17.8 Å². The number of aromatic nitrogens is 3. The second-order valence-corrected chi connectivity index (χ2v) is 9.38. The van der Waals surface area contributed by atoms with Gasteiger partial charge in [-0.2, -0.15) is 4.98 Å². The van der Waals surface area contributed by atoms with Gasteiger partial charge in [0.2, 0.25) is 11.4 Å². The third-order valence-corrected chi connectivity index (χ3v) is 6.66. The second-order valence-electron chi connectivity index (χ2n) is 9.38. The summed E-state index contributed by atoms with van der Waals surface area (Å²) in [5.41, 5.74) is 11.9. The quantitative estimate of drug-likeness (QED) is 0.188. The van der Waals surface area contributed by atoms with Gasteiger partial charge < -0.3 is 35.4 Å². The molecule has 0 spiro atoms. The number of benzene rings is 2. The van der Waals surface area contributed by atoms with Crippen molar-refractivity contribution in [2.45, 2.75) is 25.3 Å². The number of nitrogen functional groups attached to an aromatic ring is 2. The van der Waals surface area contributed by atoms with Crippen molar-refractivity contribution in [3.8, 4) is 17.2 Å². The van der Waals surface area contributed by atoms with Crippen LogP contribution in [0.25, 0.3) is 23.1 Å². The molecule has 4 aromatic rings. The molecule has 2 aromatic heterocycles. The van der Waals surface area contributed by atoms with Gasteiger partial charge in [0.15, 0.2) is 23.1 Å². The minimum absolute atomic E-state index is 0. The summed E-state index contributed by atoms with van der Waals surface area (Å²) in [6.07, 6.45) is 5.31. The fraction of sp³-hybridized carbons (Fsp3) is 0.214. The molecule has 2 aromatic carbocycles. The molecule has 0 aliphatic heterocycles. The summed E-state index contributed by atoms with van der Waals surface area (Å²) >= 11 is 0. The lowest BCUT2D eigenvalue weighted by Gasteiger charge is -2.15. The molecule has 0 bridgehead atoms. The van der Waals surface area contributed by atoms with E-state index in [-0.39, 0.29) is 41.1 Å². The van der Waals surface area contributed by atoms with E-state index in [1.807, 2.05) is 0 Å². The summed E-state index contributed by atoms with van der Waals surface area (Å²) in [6, 6.07) is 4.16. The Labute approximate surface area is 243 Å². The monoisotopic (exact) mass is 601 g/mol. The molecule has 0 atom stereocenters. The van der Waals surface area contributed by atoms with Crippen LogP contribution in [-0.2, 0) is 6.42 Å². The first-order valence-electron chi connectivity index (χ1n) is 12.4. The fourth-order valence-electron chi connectivity index (χ4n) is 4.63. The predicted octanol–water partition coefficient (Wildman–Crippen LogP) is 4.83. The van der Waals surface area contributed by atoms with Crippen LogP contribution < -0.4 is 31.1 Å². The molecule has 14 heteroatoms. The van der Waals surface area contributed by atoms with Crippen molar-refractivity contribution in [3.05, 3.63) is 74.7 Å². The third kappa shape index (κ3) is 5.77. The van der Waals surface area contributed by atoms with Gasteiger partial charge in [-0.3, -0.25) is 4.79 Å². The maximum absolute atomic E-state index is 15.9. The van der Waals surface area contributed by atoms with Crippen LogP contribution in [0.5, 0.6) is 17.2 Å². The maximum Gasteiger partial charge on any atom is 0.511 e. The number of ether oxygens (including phenoxy) is 3. The predicted molar refractivity (Wildman–Crippen MR) is 154 cm³/mol. The highest BCUT2D eigenvalue weighted by Gasteiger charge is 2.29. The Kier molecular flexibility index (Phi) is 8.52. The molecule has 0 unspecified atom stereocenters. The van der Waals surface area contributed by atoms with Crippen LogP contribution in [-0.4, -0.2) is 40.0 Å². The summed E-state index contributed by atoms with van der Waals surface area (Å²) in [7, 11) is 2.89. The zero-order valence-electron chi connectivity index (χ0n) is 22.4. The van der Waals surface area contributed by atoms with Gasteiger partial charge in [0, 0.05) is 35.3 Å². The Morgan fingerprint density at radius 3 is 2.50 bits per heavy atom. The van der Waals surface area contributed by atoms with E-state index in [0.29, 0.717) is 41.9 Å². The van der Waals surface area contributed by atoms with Gasteiger partial charge in [0.1, 0.15) is 11.6 Å². The Morgan fingerprint density at radius 2 is 1.88 bits per heavy atom. The van der Waals surface area contributed by atoms with E-state index in [2.05, 4.69) is 14.7 Å². The lowest BCUT2D eigenvalue weighted by atomic mass is 10.0. The first-order valence-corrected chi connectivity index (χ1v) is 12.4. The molecule has 1 aliphatic carbocycles. The first kappa shape index (κ1) is 30.1. The van der Waals surface area contributed by atoms with E-state index >= 15 is 8.78 Å². The summed E-state index contributed by atoms with van der Waals surface area (Å²) in [6.45, 7) is 0. The number of rotatable bonds is 8. The van der Waals surface area contributed by atoms with Gasteiger partial charge in [-0.05, 0) is 42.7 Å². The van der Waals surface area contributed by atoms with Crippen LogP contribution in [0.15, 0.2) is 35.4 Å². The number of nitrogens with zero attached hydrogens (tertiary/aromatic N) is 3. The molecule has 220 valence electrons. The number of fused-ring (bicyclic) bond motifs is 1. The van der Waals surface area contributed by atoms with Crippen LogP contribution >= 0.6 is 12.4 Å². The fourth-order valence-corrected chi connectivity index (χ4v) is 4.63. The van der Waals surface area contributed by atoms with E-state index in [1.54, 1.807) is 12.1 Å². The molecule has 0 amide bonds. The molecule has 42 heavy (non-hydrogen) atoms. The molecule has 1 fully saturated rings. The zero-order valence-corrected chi connectivity index (χ0v) is 23.2. The number of pyridine rings is 1. The van der Waals surface area contributed by atoms with Gasteiger partial charge in [-0.25, -0.2) is 18.6 Å². The highest BCUT2D eigenvalue weighted by atomic mass is 35.5. The molecular formula is C28H26ClF2N5O6. The number of hydrogen-bond donors (Lipinski definition) is 3. The zero-order chi connectivity index (χ0) is 29.4. The highest BCUT2D eigenvalue weighted by Crippen LogP contribution is 2.40. The lowest BCUT2D eigenvalue weighted by molar-refractivity contribution is 0.143. The lowest BCUT2D eigenvalue weighted by Crippen LogP contribution is -2.17. The van der Waals surface area contributed by atoms with Crippen molar-refractivity contribution in [3.63, 3.8) is 0 Å². The van der Waals surface area contributed by atoms with Gasteiger partial charge in [-0.1, -0.05) is 6.08 Å². The topological polar surface area (TPSA) is 165 Å². The molecule has 2 heterocycles. The van der Waals surface area contributed by atoms with E-state index in [1.165, 1.54) is 37.1 Å². The molecule has 1 aliphatic rings. The summed E-state index contributed by atoms with van der Waals surface area (Å²) < 4.78 is 48.2. The average Bonchev–Trinajstić information content (AvgIpc) is 3.77. The third-order valence-electron chi connectivity index (χ3n) is 6.66. The van der Waals surface area contributed by atoms with Crippen LogP contribution in [0.1, 0.15) is 41.1 Å². The normalized spacial score (nSPS) is 12.8. The van der Waals surface area contributed by atoms with Crippen molar-refractivity contribution in [1.29, 1.82) is 0 Å². The van der Waals surface area contributed by atoms with E-state index in [9.17, 15) is 9.59 Å². The molecule has 0 radical (unpaired) electrons. The largest absolute Gasteiger partial charge is 0.511 e. The van der Waals surface area contributed by atoms with Crippen molar-refractivity contribution >= 4 is 53.4 Å². The minimum Gasteiger partial charge on any atom is -0.493 e. The first-order chi connectivity index (χ1) is 19.6. The Morgan fingerprint density at radius 1 is 1.14 bits per heavy atom. The Hall–Kier alpha value is -4.91. The number of methoxy groups -OCH3 is 2. The van der Waals surface area contributed by atoms with Gasteiger partial charge in [-0.15, -0.1) is 12.4 Å². The van der Waals surface area contributed by atoms with Crippen molar-refractivity contribution in [2.24, 2.45) is 0 Å². The van der Waals surface area contributed by atoms with Crippen molar-refractivity contribution < 1.29 is 32.9 Å². The summed E-state index contributed by atoms with van der Waals surface area (Å²) in [5.74, 6) is -1.58. The maximum atomic E-state index is 15.9. The SMILES string of the molecule is COc1cc(Cc2cnc(N)nc2N)cc(/C=C/c2c(F)cc3c(=O)c(OC(=O)O)cn(C4CC4)c3c2F)c1OC.Cl. The summed E-state index contributed by atoms with van der Waals surface area (Å²) in [4.78, 5) is 31.8. The minimum atomic E-state index is -1.71. The number of anilines is 2. The number of halogens is 3. The number of carboxylic acid groups (broad SMARTS) is 1. The van der Waals surface area contributed by atoms with E-state index in [4.69, 9.17) is 26.0 Å². The van der Waals surface area contributed by atoms with Crippen molar-refractivity contribution in [2.75, 3.05) is 25.7 Å². The molecule has 11 nitrogen and oxygen atoms in total. The second kappa shape index (κ2) is 11.9. The average molecular weight is 602 g/mol. The van der Waals surface area contributed by atoms with Crippen molar-refractivity contribution in [1.82, 2.24) is 14.5 Å². The molecule has 5 N–H and O–H groups in total. The van der Waals surface area contributed by atoms with Crippen LogP contribution in [0.2, 0.25) is 0 Å². The van der Waals surface area contributed by atoms with Gasteiger partial charge in [0.25, 0.3) is 0 Å². The van der Waals surface area contributed by atoms with Gasteiger partial charge in [0.05, 0.1) is 31.3 Å². The van der Waals surface area contributed by atoms with Gasteiger partial charge >= 0.3 is 6.16 Å². The van der Waals surface area contributed by atoms with Crippen LogP contribution in [0.4, 0.5) is 25.3 Å². The standard InChI is InChI=1S/C28H25F2N5O6.ClH/c1-39-20-9-13(8-15-11-33-27(32)34-26(15)31)7-14(25(20)40-2)3-6-17-19(29)10-18-23(22(17)30)35(16-4-5-16)12-21(24(18)36)41-28(37)38;/h3,6-7,9-12,16H,4-5,8H2,1-2H3,(H,37,38)(H4,31,32,33,34);1H/b6-3+;. The molecule has 5 rings (SSSR count). The molecular weight excluding hydrogens is 576 g/mol. The van der Waals surface area contributed by atoms with E-state index < -0.39 is 34.5 Å². The van der Waals surface area contributed by atoms with Crippen LogP contribution in [0, 0.1) is 11.6 Å². The highest BCUT2D eigenvalue weighted by molar-refractivity contribution is 5.87. The Balaban J connectivity index is 0.00000405. The molecule has 1 saturated carbocycles. The molecule has 0 saturated heterocycles.